The van der Waals surface area contributed by atoms with Gasteiger partial charge in [-0.15, -0.1) is 0 Å². The van der Waals surface area contributed by atoms with Gasteiger partial charge in [0.15, 0.2) is 0 Å². The number of thiocarbonyl (C=S) groups is 1. The van der Waals surface area contributed by atoms with E-state index in [2.05, 4.69) is 36.8 Å². The van der Waals surface area contributed by atoms with E-state index in [0.717, 1.165) is 28.6 Å². The minimum Gasteiger partial charge on any atom is -0.389 e. The van der Waals surface area contributed by atoms with Crippen LogP contribution in [0.25, 0.3) is 10.9 Å². The second kappa shape index (κ2) is 5.53. The van der Waals surface area contributed by atoms with E-state index < -0.39 is 0 Å². The summed E-state index contributed by atoms with van der Waals surface area (Å²) >= 11 is 5.17. The van der Waals surface area contributed by atoms with E-state index in [-0.39, 0.29) is 0 Å². The summed E-state index contributed by atoms with van der Waals surface area (Å²) in [6, 6.07) is 8.49. The van der Waals surface area contributed by atoms with Crippen LogP contribution in [-0.2, 0) is 0 Å². The largest absolute Gasteiger partial charge is 0.389 e. The molecule has 100 valence electrons. The minimum atomic E-state index is 0.392. The fraction of sp³-hybridized carbons (Fsp3) is 0.333. The van der Waals surface area contributed by atoms with Gasteiger partial charge in [-0.05, 0) is 19.4 Å². The van der Waals surface area contributed by atoms with Crippen LogP contribution < -0.4 is 10.6 Å². The van der Waals surface area contributed by atoms with Crippen LogP contribution in [0.1, 0.15) is 25.8 Å². The van der Waals surface area contributed by atoms with Gasteiger partial charge in [-0.1, -0.05) is 37.3 Å². The number of anilines is 1. The normalized spacial score (nSPS) is 12.4. The molecule has 1 atom stereocenters. The molecule has 0 aliphatic heterocycles. The van der Waals surface area contributed by atoms with E-state index in [9.17, 15) is 0 Å². The summed E-state index contributed by atoms with van der Waals surface area (Å²) in [5.74, 6) is 0. The van der Waals surface area contributed by atoms with Gasteiger partial charge in [-0.2, -0.15) is 0 Å². The summed E-state index contributed by atoms with van der Waals surface area (Å²) in [5, 5.41) is 1.09. The third-order valence-corrected chi connectivity index (χ3v) is 3.84. The highest BCUT2D eigenvalue weighted by atomic mass is 32.1. The SMILES string of the molecule is CCC(C)N(C)c1c(C(N)=S)cnc2ccccc12. The number of nitrogens with zero attached hydrogens (tertiary/aromatic N) is 2. The Labute approximate surface area is 119 Å². The molecule has 0 spiro atoms. The van der Waals surface area contributed by atoms with Crippen molar-refractivity contribution in [2.75, 3.05) is 11.9 Å². The highest BCUT2D eigenvalue weighted by Crippen LogP contribution is 2.30. The van der Waals surface area contributed by atoms with Crippen molar-refractivity contribution in [3.63, 3.8) is 0 Å². The number of pyridine rings is 1. The van der Waals surface area contributed by atoms with Crippen LogP contribution in [0, 0.1) is 0 Å². The van der Waals surface area contributed by atoms with Gasteiger partial charge >= 0.3 is 0 Å². The molecule has 0 bridgehead atoms. The number of nitrogens with two attached hydrogens (primary N) is 1. The maximum absolute atomic E-state index is 5.85. The van der Waals surface area contributed by atoms with Crippen molar-refractivity contribution in [3.05, 3.63) is 36.0 Å². The molecule has 1 heterocycles. The number of aromatic nitrogens is 1. The minimum absolute atomic E-state index is 0.392. The van der Waals surface area contributed by atoms with E-state index in [4.69, 9.17) is 18.0 Å². The molecule has 0 fully saturated rings. The molecule has 1 aromatic heterocycles. The Morgan fingerprint density at radius 1 is 1.42 bits per heavy atom. The van der Waals surface area contributed by atoms with E-state index in [1.54, 1.807) is 6.20 Å². The summed E-state index contributed by atoms with van der Waals surface area (Å²) < 4.78 is 0. The first-order chi connectivity index (χ1) is 9.06. The smallest absolute Gasteiger partial charge is 0.107 e. The number of para-hydroxylation sites is 1. The van der Waals surface area contributed by atoms with Crippen LogP contribution in [0.15, 0.2) is 30.5 Å². The fourth-order valence-electron chi connectivity index (χ4n) is 2.18. The number of hydrogen-bond donors (Lipinski definition) is 1. The lowest BCUT2D eigenvalue weighted by atomic mass is 10.1. The van der Waals surface area contributed by atoms with E-state index >= 15 is 0 Å². The summed E-state index contributed by atoms with van der Waals surface area (Å²) in [6.45, 7) is 4.36. The molecule has 1 unspecified atom stereocenters. The summed E-state index contributed by atoms with van der Waals surface area (Å²) in [7, 11) is 2.08. The lowest BCUT2D eigenvalue weighted by Gasteiger charge is -2.29. The van der Waals surface area contributed by atoms with Gasteiger partial charge in [0.1, 0.15) is 4.99 Å². The first-order valence-corrected chi connectivity index (χ1v) is 6.87. The second-order valence-electron chi connectivity index (χ2n) is 4.77. The van der Waals surface area contributed by atoms with Crippen LogP contribution in [-0.4, -0.2) is 23.1 Å². The van der Waals surface area contributed by atoms with Gasteiger partial charge in [0.25, 0.3) is 0 Å². The van der Waals surface area contributed by atoms with Gasteiger partial charge in [0.2, 0.25) is 0 Å². The van der Waals surface area contributed by atoms with Crippen LogP contribution >= 0.6 is 12.2 Å². The molecule has 2 N–H and O–H groups in total. The number of hydrogen-bond acceptors (Lipinski definition) is 3. The Kier molecular flexibility index (Phi) is 4.00. The first-order valence-electron chi connectivity index (χ1n) is 6.46. The molecule has 2 aromatic rings. The van der Waals surface area contributed by atoms with Crippen molar-refractivity contribution >= 4 is 33.8 Å². The van der Waals surface area contributed by atoms with Crippen molar-refractivity contribution in [2.45, 2.75) is 26.3 Å². The van der Waals surface area contributed by atoms with Crippen molar-refractivity contribution in [3.8, 4) is 0 Å². The third kappa shape index (κ3) is 2.54. The second-order valence-corrected chi connectivity index (χ2v) is 5.21. The Bertz CT molecular complexity index is 609. The van der Waals surface area contributed by atoms with Gasteiger partial charge in [0.05, 0.1) is 16.8 Å². The Balaban J connectivity index is 2.72. The average Bonchev–Trinajstić information content (AvgIpc) is 2.44. The average molecular weight is 273 g/mol. The van der Waals surface area contributed by atoms with Crippen molar-refractivity contribution in [1.29, 1.82) is 0 Å². The van der Waals surface area contributed by atoms with Crippen molar-refractivity contribution in [2.24, 2.45) is 5.73 Å². The molecule has 4 heteroatoms. The zero-order valence-corrected chi connectivity index (χ0v) is 12.4. The molecule has 0 aliphatic rings. The van der Waals surface area contributed by atoms with E-state index in [1.165, 1.54) is 0 Å². The first kappa shape index (κ1) is 13.7. The fourth-order valence-corrected chi connectivity index (χ4v) is 2.33. The zero-order valence-electron chi connectivity index (χ0n) is 11.6. The maximum atomic E-state index is 5.85. The molecule has 0 radical (unpaired) electrons. The topological polar surface area (TPSA) is 42.1 Å². The monoisotopic (exact) mass is 273 g/mol. The maximum Gasteiger partial charge on any atom is 0.107 e. The molecule has 0 saturated heterocycles. The third-order valence-electron chi connectivity index (χ3n) is 3.62. The molecule has 2 rings (SSSR count). The lowest BCUT2D eigenvalue weighted by Crippen LogP contribution is -2.30. The molecule has 0 aliphatic carbocycles. The Hall–Kier alpha value is -1.68. The van der Waals surface area contributed by atoms with Gasteiger partial charge in [-0.25, -0.2) is 0 Å². The van der Waals surface area contributed by atoms with Crippen LogP contribution in [0.5, 0.6) is 0 Å². The highest BCUT2D eigenvalue weighted by Gasteiger charge is 2.17. The molecule has 1 aromatic carbocycles. The summed E-state index contributed by atoms with van der Waals surface area (Å²) in [5.41, 5.74) is 8.74. The Morgan fingerprint density at radius 3 is 2.74 bits per heavy atom. The molecule has 0 saturated carbocycles. The van der Waals surface area contributed by atoms with Crippen LogP contribution in [0.3, 0.4) is 0 Å². The molecule has 0 amide bonds. The van der Waals surface area contributed by atoms with Crippen LogP contribution in [0.2, 0.25) is 0 Å². The summed E-state index contributed by atoms with van der Waals surface area (Å²) in [6.07, 6.45) is 2.84. The number of benzene rings is 1. The van der Waals surface area contributed by atoms with Crippen molar-refractivity contribution < 1.29 is 0 Å². The molecule has 3 nitrogen and oxygen atoms in total. The van der Waals surface area contributed by atoms with Gasteiger partial charge < -0.3 is 10.6 Å². The summed E-state index contributed by atoms with van der Waals surface area (Å²) in [4.78, 5) is 7.06. The van der Waals surface area contributed by atoms with Crippen molar-refractivity contribution in [1.82, 2.24) is 4.98 Å². The predicted octanol–water partition coefficient (Wildman–Crippen LogP) is 3.10. The predicted molar refractivity (Wildman–Crippen MR) is 85.8 cm³/mol. The lowest BCUT2D eigenvalue weighted by molar-refractivity contribution is 0.665. The van der Waals surface area contributed by atoms with E-state index in [1.807, 2.05) is 18.2 Å². The standard InChI is InChI=1S/C15H19N3S/c1-4-10(2)18(3)14-11-7-5-6-8-13(11)17-9-12(14)15(16)19/h5-10H,4H2,1-3H3,(H2,16,19). The van der Waals surface area contributed by atoms with Gasteiger partial charge in [0, 0.05) is 24.7 Å². The van der Waals surface area contributed by atoms with Crippen LogP contribution in [0.4, 0.5) is 5.69 Å². The molecule has 19 heavy (non-hydrogen) atoms. The van der Waals surface area contributed by atoms with Gasteiger partial charge in [-0.3, -0.25) is 4.98 Å². The molecular formula is C15H19N3S. The number of fused-ring (bicyclic) bond motifs is 1. The number of rotatable bonds is 4. The quantitative estimate of drug-likeness (QED) is 0.869. The van der Waals surface area contributed by atoms with E-state index in [0.29, 0.717) is 11.0 Å². The zero-order chi connectivity index (χ0) is 14.0. The Morgan fingerprint density at radius 2 is 2.11 bits per heavy atom. The molecular weight excluding hydrogens is 254 g/mol. The highest BCUT2D eigenvalue weighted by molar-refractivity contribution is 7.80.